The second-order valence-corrected chi connectivity index (χ2v) is 8.58. The molecule has 172 valence electrons. The number of rotatable bonds is 6. The molecule has 0 aromatic heterocycles. The third-order valence-electron chi connectivity index (χ3n) is 5.63. The Morgan fingerprint density at radius 3 is 2.33 bits per heavy atom. The number of piperazine rings is 1. The molecule has 2 aromatic rings. The molecule has 0 atom stereocenters. The number of amides is 3. The van der Waals surface area contributed by atoms with Crippen molar-refractivity contribution in [2.75, 3.05) is 51.8 Å². The zero-order chi connectivity index (χ0) is 23.4. The van der Waals surface area contributed by atoms with Crippen LogP contribution in [0, 0.1) is 0 Å². The van der Waals surface area contributed by atoms with Gasteiger partial charge in [0.15, 0.2) is 11.5 Å². The lowest BCUT2D eigenvalue weighted by Gasteiger charge is -2.36. The van der Waals surface area contributed by atoms with Crippen molar-refractivity contribution in [1.29, 1.82) is 0 Å². The molecule has 0 N–H and O–H groups in total. The maximum atomic E-state index is 12.8. The number of hydrogen-bond donors (Lipinski definition) is 0. The van der Waals surface area contributed by atoms with E-state index in [0.29, 0.717) is 43.2 Å². The Labute approximate surface area is 196 Å². The van der Waals surface area contributed by atoms with Gasteiger partial charge in [-0.3, -0.25) is 19.3 Å². The maximum absolute atomic E-state index is 12.8. The zero-order valence-electron chi connectivity index (χ0n) is 18.5. The van der Waals surface area contributed by atoms with Gasteiger partial charge in [-0.2, -0.15) is 0 Å². The molecule has 0 bridgehead atoms. The van der Waals surface area contributed by atoms with Crippen LogP contribution in [0.3, 0.4) is 0 Å². The first-order valence-corrected chi connectivity index (χ1v) is 11.4. The van der Waals surface area contributed by atoms with E-state index < -0.39 is 11.1 Å². The Balaban J connectivity index is 1.38. The van der Waals surface area contributed by atoms with Gasteiger partial charge in [0.25, 0.3) is 11.1 Å². The summed E-state index contributed by atoms with van der Waals surface area (Å²) in [5.74, 6) is 0.407. The van der Waals surface area contributed by atoms with Crippen LogP contribution >= 0.6 is 11.8 Å². The van der Waals surface area contributed by atoms with Gasteiger partial charge in [-0.05, 0) is 47.7 Å². The van der Waals surface area contributed by atoms with Crippen molar-refractivity contribution < 1.29 is 23.9 Å². The summed E-state index contributed by atoms with van der Waals surface area (Å²) < 4.78 is 10.5. The summed E-state index contributed by atoms with van der Waals surface area (Å²) >= 11 is 0.834. The number of methoxy groups -OCH3 is 2. The maximum Gasteiger partial charge on any atom is 0.294 e. The van der Waals surface area contributed by atoms with Gasteiger partial charge < -0.3 is 19.3 Å². The largest absolute Gasteiger partial charge is 0.493 e. The molecule has 0 radical (unpaired) electrons. The molecule has 0 saturated carbocycles. The standard InChI is InChI=1S/C24H25N3O5S/c1-31-19-9-8-17(14-20(19)32-2)15-21-23(29)27(24(30)33-21)16-22(28)26-12-10-25(11-13-26)18-6-4-3-5-7-18/h3-9,14-15H,10-13,16H2,1-2H3/b21-15+. The van der Waals surface area contributed by atoms with Crippen molar-refractivity contribution in [2.45, 2.75) is 0 Å². The van der Waals surface area contributed by atoms with E-state index in [0.717, 1.165) is 22.3 Å². The summed E-state index contributed by atoms with van der Waals surface area (Å²) in [6.07, 6.45) is 1.62. The molecule has 4 rings (SSSR count). The fraction of sp³-hybridized carbons (Fsp3) is 0.292. The molecule has 0 unspecified atom stereocenters. The summed E-state index contributed by atoms with van der Waals surface area (Å²) in [6, 6.07) is 15.3. The fourth-order valence-corrected chi connectivity index (χ4v) is 4.66. The van der Waals surface area contributed by atoms with Crippen molar-refractivity contribution in [3.8, 4) is 11.5 Å². The third-order valence-corrected chi connectivity index (χ3v) is 6.53. The van der Waals surface area contributed by atoms with E-state index in [9.17, 15) is 14.4 Å². The average molecular weight is 468 g/mol. The molecule has 0 spiro atoms. The molecule has 9 heteroatoms. The van der Waals surface area contributed by atoms with E-state index >= 15 is 0 Å². The number of hydrogen-bond acceptors (Lipinski definition) is 7. The minimum Gasteiger partial charge on any atom is -0.493 e. The highest BCUT2D eigenvalue weighted by molar-refractivity contribution is 8.18. The summed E-state index contributed by atoms with van der Waals surface area (Å²) in [5, 5.41) is -0.442. The van der Waals surface area contributed by atoms with E-state index in [1.54, 1.807) is 36.3 Å². The molecule has 2 saturated heterocycles. The molecule has 8 nitrogen and oxygen atoms in total. The molecule has 2 fully saturated rings. The highest BCUT2D eigenvalue weighted by atomic mass is 32.2. The monoisotopic (exact) mass is 467 g/mol. The van der Waals surface area contributed by atoms with Crippen molar-refractivity contribution >= 4 is 40.6 Å². The van der Waals surface area contributed by atoms with Crippen LogP contribution in [0.1, 0.15) is 5.56 Å². The smallest absolute Gasteiger partial charge is 0.294 e. The van der Waals surface area contributed by atoms with Gasteiger partial charge in [-0.1, -0.05) is 24.3 Å². The van der Waals surface area contributed by atoms with Crippen LogP contribution in [0.4, 0.5) is 10.5 Å². The summed E-state index contributed by atoms with van der Waals surface area (Å²) in [4.78, 5) is 43.3. The number of anilines is 1. The molecule has 2 aliphatic heterocycles. The normalized spacial score (nSPS) is 17.6. The van der Waals surface area contributed by atoms with Crippen molar-refractivity contribution in [3.05, 3.63) is 59.0 Å². The van der Waals surface area contributed by atoms with Gasteiger partial charge in [0.2, 0.25) is 5.91 Å². The number of carbonyl (C=O) groups excluding carboxylic acids is 3. The number of thioether (sulfide) groups is 1. The van der Waals surface area contributed by atoms with Crippen LogP contribution in [0.2, 0.25) is 0 Å². The Morgan fingerprint density at radius 1 is 0.970 bits per heavy atom. The van der Waals surface area contributed by atoms with Crippen molar-refractivity contribution in [2.24, 2.45) is 0 Å². The Morgan fingerprint density at radius 2 is 1.67 bits per heavy atom. The van der Waals surface area contributed by atoms with Crippen LogP contribution < -0.4 is 14.4 Å². The van der Waals surface area contributed by atoms with Gasteiger partial charge in [-0.15, -0.1) is 0 Å². The third kappa shape index (κ3) is 4.98. The molecule has 2 aliphatic rings. The predicted octanol–water partition coefficient (Wildman–Crippen LogP) is 3.09. The first-order valence-electron chi connectivity index (χ1n) is 10.6. The van der Waals surface area contributed by atoms with Gasteiger partial charge in [-0.25, -0.2) is 0 Å². The van der Waals surface area contributed by atoms with Crippen LogP contribution in [0.5, 0.6) is 11.5 Å². The van der Waals surface area contributed by atoms with Gasteiger partial charge >= 0.3 is 0 Å². The van der Waals surface area contributed by atoms with E-state index in [1.807, 2.05) is 30.3 Å². The minimum atomic E-state index is -0.462. The molecular formula is C24H25N3O5S. The number of nitrogens with zero attached hydrogens (tertiary/aromatic N) is 3. The summed E-state index contributed by atoms with van der Waals surface area (Å²) in [7, 11) is 3.07. The summed E-state index contributed by atoms with van der Waals surface area (Å²) in [5.41, 5.74) is 1.82. The van der Waals surface area contributed by atoms with Crippen molar-refractivity contribution in [3.63, 3.8) is 0 Å². The molecule has 2 heterocycles. The van der Waals surface area contributed by atoms with Crippen LogP contribution in [0.25, 0.3) is 6.08 Å². The van der Waals surface area contributed by atoms with Crippen LogP contribution in [-0.4, -0.2) is 73.8 Å². The lowest BCUT2D eigenvalue weighted by Crippen LogP contribution is -2.51. The van der Waals surface area contributed by atoms with E-state index in [1.165, 1.54) is 7.11 Å². The molecule has 33 heavy (non-hydrogen) atoms. The first kappa shape index (κ1) is 22.7. The van der Waals surface area contributed by atoms with Gasteiger partial charge in [0, 0.05) is 31.9 Å². The molecule has 2 aromatic carbocycles. The number of benzene rings is 2. The highest BCUT2D eigenvalue weighted by Crippen LogP contribution is 2.34. The molecule has 0 aliphatic carbocycles. The van der Waals surface area contributed by atoms with E-state index in [-0.39, 0.29) is 17.4 Å². The Kier molecular flexibility index (Phi) is 6.88. The number of carbonyl (C=O) groups is 3. The van der Waals surface area contributed by atoms with Crippen molar-refractivity contribution in [1.82, 2.24) is 9.80 Å². The van der Waals surface area contributed by atoms with Crippen LogP contribution in [0.15, 0.2) is 53.4 Å². The minimum absolute atomic E-state index is 0.225. The predicted molar refractivity (Wildman–Crippen MR) is 127 cm³/mol. The van der Waals surface area contributed by atoms with Gasteiger partial charge in [0.1, 0.15) is 6.54 Å². The van der Waals surface area contributed by atoms with Gasteiger partial charge in [0.05, 0.1) is 19.1 Å². The second-order valence-electron chi connectivity index (χ2n) is 7.59. The molecular weight excluding hydrogens is 442 g/mol. The Hall–Kier alpha value is -3.46. The summed E-state index contributed by atoms with van der Waals surface area (Å²) in [6.45, 7) is 2.25. The highest BCUT2D eigenvalue weighted by Gasteiger charge is 2.37. The number of imide groups is 1. The Bertz CT molecular complexity index is 1080. The molecule has 3 amide bonds. The lowest BCUT2D eigenvalue weighted by molar-refractivity contribution is -0.136. The SMILES string of the molecule is COc1ccc(/C=C2/SC(=O)N(CC(=O)N3CCN(c4ccccc4)CC3)C2=O)cc1OC. The fourth-order valence-electron chi connectivity index (χ4n) is 3.82. The second kappa shape index (κ2) is 9.99. The lowest BCUT2D eigenvalue weighted by atomic mass is 10.2. The quantitative estimate of drug-likeness (QED) is 0.604. The number of ether oxygens (including phenoxy) is 2. The number of para-hydroxylation sites is 1. The topological polar surface area (TPSA) is 79.4 Å². The van der Waals surface area contributed by atoms with E-state index in [4.69, 9.17) is 9.47 Å². The first-order chi connectivity index (χ1) is 16.0. The average Bonchev–Trinajstić information content (AvgIpc) is 3.11. The van der Waals surface area contributed by atoms with Crippen LogP contribution in [-0.2, 0) is 9.59 Å². The zero-order valence-corrected chi connectivity index (χ0v) is 19.3. The van der Waals surface area contributed by atoms with E-state index in [2.05, 4.69) is 4.90 Å².